The number of nitrogens with zero attached hydrogens (tertiary/aromatic N) is 4. The number of rotatable bonds is 6. The minimum absolute atomic E-state index is 0.118. The van der Waals surface area contributed by atoms with Crippen LogP contribution < -0.4 is 11.2 Å². The first-order valence-corrected chi connectivity index (χ1v) is 10.2. The van der Waals surface area contributed by atoms with Crippen molar-refractivity contribution >= 4 is 29.3 Å². The molecule has 1 fully saturated rings. The number of hydrogen-bond donors (Lipinski definition) is 2. The van der Waals surface area contributed by atoms with Gasteiger partial charge in [0.2, 0.25) is 0 Å². The Hall–Kier alpha value is -3.19. The highest BCUT2D eigenvalue weighted by Crippen LogP contribution is 2.29. The standard InChI is InChI=1S/C23H30N6O/c1-28(2)23(30)26-21-10-6-7-19(15-21)18-11-13-29(14-12-18)17-22(27-24)16-25-20-8-4-3-5-9-20/h3-10,15-16,18H,11-14,17,24H2,1-2H3,(H,26,30). The van der Waals surface area contributed by atoms with Crippen LogP contribution in [0.1, 0.15) is 24.3 Å². The summed E-state index contributed by atoms with van der Waals surface area (Å²) in [5.74, 6) is 6.06. The lowest BCUT2D eigenvalue weighted by Gasteiger charge is -2.32. The van der Waals surface area contributed by atoms with E-state index in [-0.39, 0.29) is 6.03 Å². The van der Waals surface area contributed by atoms with Crippen molar-refractivity contribution in [2.75, 3.05) is 39.0 Å². The summed E-state index contributed by atoms with van der Waals surface area (Å²) in [6.45, 7) is 2.63. The fourth-order valence-corrected chi connectivity index (χ4v) is 3.54. The summed E-state index contributed by atoms with van der Waals surface area (Å²) in [5, 5.41) is 6.83. The van der Waals surface area contributed by atoms with Crippen LogP contribution in [0.15, 0.2) is 64.7 Å². The average molecular weight is 407 g/mol. The van der Waals surface area contributed by atoms with Crippen LogP contribution in [0.5, 0.6) is 0 Å². The molecule has 2 aromatic carbocycles. The number of urea groups is 1. The van der Waals surface area contributed by atoms with Crippen LogP contribution in [-0.2, 0) is 0 Å². The van der Waals surface area contributed by atoms with Gasteiger partial charge in [0.1, 0.15) is 0 Å². The highest BCUT2D eigenvalue weighted by Gasteiger charge is 2.21. The van der Waals surface area contributed by atoms with Crippen molar-refractivity contribution in [2.45, 2.75) is 18.8 Å². The quantitative estimate of drug-likeness (QED) is 0.436. The van der Waals surface area contributed by atoms with Gasteiger partial charge in [0, 0.05) is 26.3 Å². The van der Waals surface area contributed by atoms with E-state index >= 15 is 0 Å². The van der Waals surface area contributed by atoms with E-state index in [1.165, 1.54) is 10.5 Å². The number of amides is 2. The monoisotopic (exact) mass is 406 g/mol. The topological polar surface area (TPSA) is 86.3 Å². The number of nitrogens with one attached hydrogen (secondary N) is 1. The zero-order valence-electron chi connectivity index (χ0n) is 17.7. The number of nitrogens with two attached hydrogens (primary N) is 1. The Kier molecular flexibility index (Phi) is 7.57. The lowest BCUT2D eigenvalue weighted by molar-refractivity contribution is 0.230. The van der Waals surface area contributed by atoms with Crippen molar-refractivity contribution in [3.05, 3.63) is 60.2 Å². The summed E-state index contributed by atoms with van der Waals surface area (Å²) in [5.41, 5.74) is 3.76. The van der Waals surface area contributed by atoms with E-state index in [1.54, 1.807) is 20.3 Å². The van der Waals surface area contributed by atoms with Crippen molar-refractivity contribution in [1.29, 1.82) is 0 Å². The third-order valence-electron chi connectivity index (χ3n) is 5.27. The summed E-state index contributed by atoms with van der Waals surface area (Å²) in [7, 11) is 3.47. The maximum atomic E-state index is 11.9. The molecule has 7 heteroatoms. The molecule has 2 amide bonds. The molecule has 1 saturated heterocycles. The number of carbonyl (C=O) groups excluding carboxylic acids is 1. The predicted octanol–water partition coefficient (Wildman–Crippen LogP) is 3.68. The van der Waals surface area contributed by atoms with Gasteiger partial charge in [-0.2, -0.15) is 5.10 Å². The SMILES string of the molecule is CN(C)C(=O)Nc1cccc(C2CCN(CC(C=Nc3ccccc3)=NN)CC2)c1. The smallest absolute Gasteiger partial charge is 0.321 e. The fraction of sp³-hybridized carbons (Fsp3) is 0.348. The van der Waals surface area contributed by atoms with E-state index in [1.807, 2.05) is 42.5 Å². The molecule has 1 heterocycles. The second kappa shape index (κ2) is 10.5. The predicted molar refractivity (Wildman–Crippen MR) is 124 cm³/mol. The summed E-state index contributed by atoms with van der Waals surface area (Å²) in [4.78, 5) is 20.2. The average Bonchev–Trinajstić information content (AvgIpc) is 2.78. The third kappa shape index (κ3) is 6.15. The number of hydrazone groups is 1. The van der Waals surface area contributed by atoms with Gasteiger partial charge in [0.15, 0.2) is 0 Å². The largest absolute Gasteiger partial charge is 0.331 e. The molecule has 0 spiro atoms. The molecule has 0 aliphatic carbocycles. The molecule has 0 radical (unpaired) electrons. The summed E-state index contributed by atoms with van der Waals surface area (Å²) in [6, 6.07) is 17.8. The van der Waals surface area contributed by atoms with Crippen LogP contribution in [0.3, 0.4) is 0 Å². The molecular formula is C23H30N6O. The molecule has 0 saturated carbocycles. The first-order chi connectivity index (χ1) is 14.5. The van der Waals surface area contributed by atoms with Crippen molar-refractivity contribution < 1.29 is 4.79 Å². The Balaban J connectivity index is 1.53. The number of benzene rings is 2. The molecule has 3 rings (SSSR count). The molecule has 1 aliphatic rings. The highest BCUT2D eigenvalue weighted by molar-refractivity contribution is 6.32. The van der Waals surface area contributed by atoms with Crippen molar-refractivity contribution in [3.8, 4) is 0 Å². The molecule has 158 valence electrons. The van der Waals surface area contributed by atoms with Crippen molar-refractivity contribution in [2.24, 2.45) is 15.9 Å². The van der Waals surface area contributed by atoms with Crippen LogP contribution in [-0.4, -0.2) is 61.5 Å². The molecule has 0 atom stereocenters. The molecule has 0 bridgehead atoms. The molecule has 2 aromatic rings. The van der Waals surface area contributed by atoms with Gasteiger partial charge < -0.3 is 16.1 Å². The third-order valence-corrected chi connectivity index (χ3v) is 5.27. The minimum Gasteiger partial charge on any atom is -0.331 e. The summed E-state index contributed by atoms with van der Waals surface area (Å²) < 4.78 is 0. The Bertz CT molecular complexity index is 886. The Labute approximate surface area is 178 Å². The van der Waals surface area contributed by atoms with Gasteiger partial charge >= 0.3 is 6.03 Å². The number of carbonyl (C=O) groups is 1. The van der Waals surface area contributed by atoms with Gasteiger partial charge in [-0.25, -0.2) is 4.79 Å². The van der Waals surface area contributed by atoms with E-state index < -0.39 is 0 Å². The Morgan fingerprint density at radius 3 is 2.57 bits per heavy atom. The minimum atomic E-state index is -0.118. The van der Waals surface area contributed by atoms with Gasteiger partial charge in [-0.3, -0.25) is 9.89 Å². The Morgan fingerprint density at radius 2 is 1.90 bits per heavy atom. The van der Waals surface area contributed by atoms with E-state index in [4.69, 9.17) is 5.84 Å². The number of piperidine rings is 1. The van der Waals surface area contributed by atoms with Crippen molar-refractivity contribution in [3.63, 3.8) is 0 Å². The first kappa shape index (κ1) is 21.5. The maximum absolute atomic E-state index is 11.9. The van der Waals surface area contributed by atoms with Crippen LogP contribution in [0.25, 0.3) is 0 Å². The zero-order valence-corrected chi connectivity index (χ0v) is 17.7. The molecule has 0 unspecified atom stereocenters. The fourth-order valence-electron chi connectivity index (χ4n) is 3.54. The number of aliphatic imine (C=N–C) groups is 1. The van der Waals surface area contributed by atoms with Gasteiger partial charge in [-0.1, -0.05) is 30.3 Å². The lowest BCUT2D eigenvalue weighted by atomic mass is 9.89. The van der Waals surface area contributed by atoms with Gasteiger partial charge in [-0.15, -0.1) is 0 Å². The second-order valence-corrected chi connectivity index (χ2v) is 7.71. The Morgan fingerprint density at radius 1 is 1.17 bits per heavy atom. The molecule has 0 aromatic heterocycles. The number of likely N-dealkylation sites (tertiary alicyclic amines) is 1. The first-order valence-electron chi connectivity index (χ1n) is 10.2. The molecular weight excluding hydrogens is 376 g/mol. The van der Waals surface area contributed by atoms with Crippen LogP contribution >= 0.6 is 0 Å². The van der Waals surface area contributed by atoms with E-state index in [2.05, 4.69) is 32.4 Å². The van der Waals surface area contributed by atoms with E-state index in [0.29, 0.717) is 12.5 Å². The van der Waals surface area contributed by atoms with Gasteiger partial charge in [0.05, 0.1) is 17.6 Å². The molecule has 7 nitrogen and oxygen atoms in total. The van der Waals surface area contributed by atoms with Crippen LogP contribution in [0.4, 0.5) is 16.2 Å². The normalized spacial score (nSPS) is 16.0. The second-order valence-electron chi connectivity index (χ2n) is 7.71. The summed E-state index contributed by atoms with van der Waals surface area (Å²) >= 11 is 0. The zero-order chi connectivity index (χ0) is 21.3. The van der Waals surface area contributed by atoms with E-state index in [0.717, 1.165) is 43.0 Å². The molecule has 3 N–H and O–H groups in total. The van der Waals surface area contributed by atoms with Crippen molar-refractivity contribution in [1.82, 2.24) is 9.80 Å². The number of hydrogen-bond acceptors (Lipinski definition) is 5. The molecule has 30 heavy (non-hydrogen) atoms. The number of anilines is 1. The number of para-hydroxylation sites is 1. The van der Waals surface area contributed by atoms with Gasteiger partial charge in [0.25, 0.3) is 0 Å². The summed E-state index contributed by atoms with van der Waals surface area (Å²) in [6.07, 6.45) is 3.86. The molecule has 1 aliphatic heterocycles. The highest BCUT2D eigenvalue weighted by atomic mass is 16.2. The van der Waals surface area contributed by atoms with E-state index in [9.17, 15) is 4.79 Å². The van der Waals surface area contributed by atoms with Crippen LogP contribution in [0, 0.1) is 0 Å². The lowest BCUT2D eigenvalue weighted by Crippen LogP contribution is -2.37. The maximum Gasteiger partial charge on any atom is 0.321 e. The van der Waals surface area contributed by atoms with Gasteiger partial charge in [-0.05, 0) is 61.7 Å². The van der Waals surface area contributed by atoms with Crippen LogP contribution in [0.2, 0.25) is 0 Å².